The number of ether oxygens (including phenoxy) is 1. The van der Waals surface area contributed by atoms with E-state index < -0.39 is 24.6 Å². The molecule has 3 aliphatic rings. The second-order valence-electron chi connectivity index (χ2n) is 6.72. The lowest BCUT2D eigenvalue weighted by Crippen LogP contribution is -2.69. The molecule has 3 fully saturated rings. The van der Waals surface area contributed by atoms with Gasteiger partial charge >= 0.3 is 6.01 Å². The summed E-state index contributed by atoms with van der Waals surface area (Å²) in [5, 5.41) is -0.314. The summed E-state index contributed by atoms with van der Waals surface area (Å²) in [7, 11) is -6.66. The van der Waals surface area contributed by atoms with Gasteiger partial charge in [0.1, 0.15) is 4.75 Å². The van der Waals surface area contributed by atoms with Crippen LogP contribution in [0.3, 0.4) is 0 Å². The van der Waals surface area contributed by atoms with Crippen molar-refractivity contribution < 1.29 is 21.6 Å². The Hall–Kier alpha value is -1.26. The highest BCUT2D eigenvalue weighted by atomic mass is 32.2. The fourth-order valence-corrected chi connectivity index (χ4v) is 8.09. The van der Waals surface area contributed by atoms with Gasteiger partial charge in [-0.25, -0.2) is 26.8 Å². The molecule has 132 valence electrons. The Labute approximate surface area is 141 Å². The molecule has 0 aromatic carbocycles. The van der Waals surface area contributed by atoms with Gasteiger partial charge in [-0.2, -0.15) is 4.31 Å². The van der Waals surface area contributed by atoms with E-state index in [1.54, 1.807) is 18.5 Å². The summed E-state index contributed by atoms with van der Waals surface area (Å²) in [6.07, 6.45) is 4.94. The monoisotopic (exact) mass is 373 g/mol. The van der Waals surface area contributed by atoms with Crippen LogP contribution in [0.25, 0.3) is 0 Å². The first kappa shape index (κ1) is 16.2. The molecule has 2 aliphatic heterocycles. The van der Waals surface area contributed by atoms with Crippen molar-refractivity contribution in [2.75, 3.05) is 25.4 Å². The van der Waals surface area contributed by atoms with Crippen LogP contribution in [0, 0.1) is 5.92 Å². The molecule has 1 aliphatic carbocycles. The van der Waals surface area contributed by atoms with E-state index in [-0.39, 0.29) is 42.6 Å². The van der Waals surface area contributed by atoms with E-state index in [2.05, 4.69) is 9.97 Å². The summed E-state index contributed by atoms with van der Waals surface area (Å²) < 4.78 is 55.5. The van der Waals surface area contributed by atoms with E-state index in [4.69, 9.17) is 4.74 Å². The molecule has 1 aromatic heterocycles. The number of rotatable bonds is 5. The number of sulfonamides is 1. The maximum Gasteiger partial charge on any atom is 0.316 e. The molecule has 1 saturated carbocycles. The van der Waals surface area contributed by atoms with E-state index in [0.29, 0.717) is 19.3 Å². The quantitative estimate of drug-likeness (QED) is 0.706. The third-order valence-electron chi connectivity index (χ3n) is 5.25. The summed E-state index contributed by atoms with van der Waals surface area (Å²) in [6, 6.07) is 1.87. The standard InChI is InChI=1S/C14H19N3O5S2/c18-23(19)7-4-11(8-22-13-15-5-1-6-16-13)14(23)9-17(10-14)24(20,21)12-2-3-12/h1,5-6,11-12H,2-4,7-10H2. The zero-order chi connectivity index (χ0) is 17.0. The van der Waals surface area contributed by atoms with Gasteiger partial charge in [0, 0.05) is 31.4 Å². The smallest absolute Gasteiger partial charge is 0.316 e. The largest absolute Gasteiger partial charge is 0.463 e. The molecular weight excluding hydrogens is 354 g/mol. The van der Waals surface area contributed by atoms with Crippen LogP contribution in [-0.2, 0) is 19.9 Å². The lowest BCUT2D eigenvalue weighted by molar-refractivity contribution is 0.120. The fourth-order valence-electron chi connectivity index (χ4n) is 3.55. The molecule has 24 heavy (non-hydrogen) atoms. The molecular formula is C14H19N3O5S2. The lowest BCUT2D eigenvalue weighted by atomic mass is 9.85. The van der Waals surface area contributed by atoms with Crippen molar-refractivity contribution >= 4 is 19.9 Å². The summed E-state index contributed by atoms with van der Waals surface area (Å²) in [6.45, 7) is 0.288. The van der Waals surface area contributed by atoms with E-state index in [0.717, 1.165) is 0 Å². The SMILES string of the molecule is O=S(=O)(C1CC1)N1CC2(C1)C(COc1ncccn1)CCS2(=O)=O. The topological polar surface area (TPSA) is 107 Å². The molecule has 4 rings (SSSR count). The number of nitrogens with zero attached hydrogens (tertiary/aromatic N) is 3. The second-order valence-corrected chi connectivity index (χ2v) is 11.4. The molecule has 1 aromatic rings. The highest BCUT2D eigenvalue weighted by Crippen LogP contribution is 2.47. The molecule has 1 unspecified atom stereocenters. The van der Waals surface area contributed by atoms with Gasteiger partial charge in [-0.1, -0.05) is 0 Å². The van der Waals surface area contributed by atoms with Gasteiger partial charge in [0.2, 0.25) is 10.0 Å². The Morgan fingerprint density at radius 1 is 1.21 bits per heavy atom. The Bertz CT molecular complexity index is 830. The molecule has 1 spiro atoms. The Morgan fingerprint density at radius 3 is 2.50 bits per heavy atom. The van der Waals surface area contributed by atoms with Crippen molar-refractivity contribution in [2.24, 2.45) is 5.92 Å². The van der Waals surface area contributed by atoms with Crippen molar-refractivity contribution in [3.63, 3.8) is 0 Å². The van der Waals surface area contributed by atoms with Gasteiger partial charge in [-0.15, -0.1) is 0 Å². The zero-order valence-electron chi connectivity index (χ0n) is 13.0. The normalized spacial score (nSPS) is 28.6. The molecule has 0 radical (unpaired) electrons. The van der Waals surface area contributed by atoms with Crippen LogP contribution in [0.5, 0.6) is 6.01 Å². The molecule has 10 heteroatoms. The summed E-state index contributed by atoms with van der Waals surface area (Å²) in [5.74, 6) is -0.162. The van der Waals surface area contributed by atoms with Gasteiger partial charge in [0.05, 0.1) is 17.6 Å². The van der Waals surface area contributed by atoms with Crippen LogP contribution in [-0.4, -0.2) is 66.6 Å². The van der Waals surface area contributed by atoms with Gasteiger partial charge in [0.25, 0.3) is 0 Å². The highest BCUT2D eigenvalue weighted by Gasteiger charge is 2.65. The highest BCUT2D eigenvalue weighted by molar-refractivity contribution is 7.93. The van der Waals surface area contributed by atoms with Crippen LogP contribution in [0.2, 0.25) is 0 Å². The molecule has 8 nitrogen and oxygen atoms in total. The van der Waals surface area contributed by atoms with Crippen LogP contribution in [0.15, 0.2) is 18.5 Å². The van der Waals surface area contributed by atoms with E-state index in [1.807, 2.05) is 0 Å². The van der Waals surface area contributed by atoms with Crippen molar-refractivity contribution in [1.82, 2.24) is 14.3 Å². The average molecular weight is 373 g/mol. The third-order valence-corrected chi connectivity index (χ3v) is 10.1. The van der Waals surface area contributed by atoms with Gasteiger partial charge in [0.15, 0.2) is 9.84 Å². The average Bonchev–Trinajstić information content (AvgIpc) is 3.30. The first-order valence-corrected chi connectivity index (χ1v) is 11.1. The Balaban J connectivity index is 1.49. The molecule has 3 heterocycles. The first-order valence-electron chi connectivity index (χ1n) is 7.96. The molecule has 1 atom stereocenters. The first-order chi connectivity index (χ1) is 11.4. The Kier molecular flexibility index (Phi) is 3.63. The predicted molar refractivity (Wildman–Crippen MR) is 85.7 cm³/mol. The van der Waals surface area contributed by atoms with Crippen molar-refractivity contribution in [2.45, 2.75) is 29.3 Å². The predicted octanol–water partition coefficient (Wildman–Crippen LogP) is -0.163. The summed E-state index contributed by atoms with van der Waals surface area (Å²) in [5.41, 5.74) is 0. The molecule has 0 amide bonds. The fraction of sp³-hybridized carbons (Fsp3) is 0.714. The van der Waals surface area contributed by atoms with Gasteiger partial charge in [-0.05, 0) is 25.3 Å². The van der Waals surface area contributed by atoms with E-state index >= 15 is 0 Å². The number of hydrogen-bond acceptors (Lipinski definition) is 7. The van der Waals surface area contributed by atoms with E-state index in [9.17, 15) is 16.8 Å². The molecule has 0 N–H and O–H groups in total. The van der Waals surface area contributed by atoms with Crippen molar-refractivity contribution in [3.8, 4) is 6.01 Å². The molecule has 0 bridgehead atoms. The van der Waals surface area contributed by atoms with Crippen LogP contribution >= 0.6 is 0 Å². The minimum Gasteiger partial charge on any atom is -0.463 e. The van der Waals surface area contributed by atoms with Crippen molar-refractivity contribution in [3.05, 3.63) is 18.5 Å². The number of hydrogen-bond donors (Lipinski definition) is 0. The number of sulfone groups is 1. The third kappa shape index (κ3) is 2.42. The summed E-state index contributed by atoms with van der Waals surface area (Å²) >= 11 is 0. The van der Waals surface area contributed by atoms with Crippen LogP contribution in [0.4, 0.5) is 0 Å². The maximum atomic E-state index is 12.5. The Morgan fingerprint density at radius 2 is 1.88 bits per heavy atom. The minimum absolute atomic E-state index is 0.0534. The zero-order valence-corrected chi connectivity index (χ0v) is 14.7. The molecule has 2 saturated heterocycles. The van der Waals surface area contributed by atoms with Crippen LogP contribution in [0.1, 0.15) is 19.3 Å². The van der Waals surface area contributed by atoms with Crippen molar-refractivity contribution in [1.29, 1.82) is 0 Å². The minimum atomic E-state index is -3.33. The second kappa shape index (κ2) is 5.37. The summed E-state index contributed by atoms with van der Waals surface area (Å²) in [4.78, 5) is 7.93. The van der Waals surface area contributed by atoms with Gasteiger partial charge in [-0.3, -0.25) is 0 Å². The number of aromatic nitrogens is 2. The van der Waals surface area contributed by atoms with Gasteiger partial charge < -0.3 is 4.74 Å². The maximum absolute atomic E-state index is 12.5. The lowest BCUT2D eigenvalue weighted by Gasteiger charge is -2.48. The van der Waals surface area contributed by atoms with Crippen LogP contribution < -0.4 is 4.74 Å². The van der Waals surface area contributed by atoms with E-state index in [1.165, 1.54) is 4.31 Å².